The van der Waals surface area contributed by atoms with E-state index in [9.17, 15) is 4.79 Å². The number of rotatable bonds is 4. The maximum atomic E-state index is 11.1. The van der Waals surface area contributed by atoms with Crippen molar-refractivity contribution in [2.45, 2.75) is 19.4 Å². The first-order valence-electron chi connectivity index (χ1n) is 6.36. The molecule has 0 radical (unpaired) electrons. The predicted octanol–water partition coefficient (Wildman–Crippen LogP) is 2.40. The Morgan fingerprint density at radius 3 is 2.55 bits per heavy atom. The highest BCUT2D eigenvalue weighted by Crippen LogP contribution is 2.43. The molecule has 1 saturated heterocycles. The first kappa shape index (κ1) is 14.9. The Hall–Kier alpha value is -1.46. The van der Waals surface area contributed by atoms with E-state index in [2.05, 4.69) is 5.32 Å². The van der Waals surface area contributed by atoms with Crippen LogP contribution in [0.5, 0.6) is 11.5 Å². The minimum absolute atomic E-state index is 0.0990. The number of carboxylic acids is 1. The summed E-state index contributed by atoms with van der Waals surface area (Å²) >= 11 is 6.22. The van der Waals surface area contributed by atoms with Crippen molar-refractivity contribution in [3.8, 4) is 11.5 Å². The van der Waals surface area contributed by atoms with Crippen molar-refractivity contribution in [1.82, 2.24) is 5.32 Å². The van der Waals surface area contributed by atoms with Crippen molar-refractivity contribution in [2.24, 2.45) is 5.92 Å². The van der Waals surface area contributed by atoms with Crippen LogP contribution in [0.2, 0.25) is 5.02 Å². The zero-order valence-corrected chi connectivity index (χ0v) is 12.5. The number of carbonyl (C=O) groups is 1. The van der Waals surface area contributed by atoms with Crippen LogP contribution >= 0.6 is 11.6 Å². The highest BCUT2D eigenvalue weighted by atomic mass is 35.5. The summed E-state index contributed by atoms with van der Waals surface area (Å²) in [6, 6.07) is 1.72. The fourth-order valence-corrected chi connectivity index (χ4v) is 2.80. The maximum absolute atomic E-state index is 11.1. The molecule has 0 amide bonds. The Labute approximate surface area is 122 Å². The number of hydrogen-bond acceptors (Lipinski definition) is 4. The molecule has 20 heavy (non-hydrogen) atoms. The molecule has 1 aromatic rings. The van der Waals surface area contributed by atoms with Crippen LogP contribution in [0.1, 0.15) is 23.6 Å². The Bertz CT molecular complexity index is 532. The molecule has 0 bridgehead atoms. The van der Waals surface area contributed by atoms with Crippen LogP contribution in [0.15, 0.2) is 6.07 Å². The summed E-state index contributed by atoms with van der Waals surface area (Å²) in [7, 11) is 3.13. The van der Waals surface area contributed by atoms with Crippen LogP contribution in [0.3, 0.4) is 0 Å². The Kier molecular flexibility index (Phi) is 4.40. The van der Waals surface area contributed by atoms with Gasteiger partial charge in [-0.25, -0.2) is 0 Å². The normalized spacial score (nSPS) is 21.8. The number of carboxylic acid groups (broad SMARTS) is 1. The van der Waals surface area contributed by atoms with Gasteiger partial charge in [0.15, 0.2) is 11.5 Å². The zero-order valence-electron chi connectivity index (χ0n) is 11.7. The van der Waals surface area contributed by atoms with Gasteiger partial charge in [0.05, 0.1) is 20.1 Å². The number of aliphatic carboxylic acids is 1. The van der Waals surface area contributed by atoms with Gasteiger partial charge in [-0.15, -0.1) is 0 Å². The third-order valence-corrected chi connectivity index (χ3v) is 4.11. The molecule has 5 nitrogen and oxygen atoms in total. The van der Waals surface area contributed by atoms with Gasteiger partial charge in [0.2, 0.25) is 0 Å². The van der Waals surface area contributed by atoms with Crippen molar-refractivity contribution < 1.29 is 19.4 Å². The molecule has 1 aromatic carbocycles. The molecule has 1 heterocycles. The lowest BCUT2D eigenvalue weighted by molar-refractivity contribution is -0.141. The fourth-order valence-electron chi connectivity index (χ4n) is 2.60. The summed E-state index contributed by atoms with van der Waals surface area (Å²) in [5.41, 5.74) is 1.64. The van der Waals surface area contributed by atoms with E-state index in [4.69, 9.17) is 26.2 Å². The number of nitrogens with one attached hydrogen (secondary N) is 1. The molecule has 0 aromatic heterocycles. The summed E-state index contributed by atoms with van der Waals surface area (Å²) in [6.45, 7) is 2.30. The topological polar surface area (TPSA) is 67.8 Å². The van der Waals surface area contributed by atoms with Crippen molar-refractivity contribution in [2.75, 3.05) is 20.8 Å². The van der Waals surface area contributed by atoms with Crippen molar-refractivity contribution in [1.29, 1.82) is 0 Å². The smallest absolute Gasteiger partial charge is 0.307 e. The number of ether oxygens (including phenoxy) is 2. The highest BCUT2D eigenvalue weighted by Gasteiger charge is 2.33. The SMILES string of the molecule is COc1c(C2CC(C(=O)O)CN2)cc(Cl)c(C)c1OC. The van der Waals surface area contributed by atoms with Gasteiger partial charge in [-0.05, 0) is 19.4 Å². The van der Waals surface area contributed by atoms with Gasteiger partial charge >= 0.3 is 5.97 Å². The van der Waals surface area contributed by atoms with Gasteiger partial charge < -0.3 is 19.9 Å². The van der Waals surface area contributed by atoms with Gasteiger partial charge in [0.25, 0.3) is 0 Å². The molecule has 110 valence electrons. The zero-order chi connectivity index (χ0) is 14.9. The van der Waals surface area contributed by atoms with Crippen LogP contribution < -0.4 is 14.8 Å². The lowest BCUT2D eigenvalue weighted by Crippen LogP contribution is -2.17. The molecule has 1 fully saturated rings. The molecule has 2 unspecified atom stereocenters. The highest BCUT2D eigenvalue weighted by molar-refractivity contribution is 6.31. The van der Waals surface area contributed by atoms with Gasteiger partial charge in [0, 0.05) is 28.7 Å². The third-order valence-electron chi connectivity index (χ3n) is 3.71. The largest absolute Gasteiger partial charge is 0.493 e. The number of halogens is 1. The van der Waals surface area contributed by atoms with Gasteiger partial charge in [0.1, 0.15) is 0 Å². The second-order valence-corrected chi connectivity index (χ2v) is 5.28. The fraction of sp³-hybridized carbons (Fsp3) is 0.500. The molecule has 1 aliphatic rings. The molecule has 2 rings (SSSR count). The molecule has 0 saturated carbocycles. The maximum Gasteiger partial charge on any atom is 0.307 e. The summed E-state index contributed by atoms with van der Waals surface area (Å²) in [6.07, 6.45) is 0.508. The standard InChI is InChI=1S/C14H18ClNO4/c1-7-10(15)5-9(13(20-3)12(7)19-2)11-4-8(6-16-11)14(17)18/h5,8,11,16H,4,6H2,1-3H3,(H,17,18). The van der Waals surface area contributed by atoms with E-state index in [1.165, 1.54) is 0 Å². The number of methoxy groups -OCH3 is 2. The van der Waals surface area contributed by atoms with Crippen molar-refractivity contribution in [3.05, 3.63) is 22.2 Å². The molecular formula is C14H18ClNO4. The first-order chi connectivity index (χ1) is 9.49. The molecule has 6 heteroatoms. The van der Waals surface area contributed by atoms with E-state index in [0.717, 1.165) is 11.1 Å². The second-order valence-electron chi connectivity index (χ2n) is 4.87. The lowest BCUT2D eigenvalue weighted by Gasteiger charge is -2.20. The van der Waals surface area contributed by atoms with Crippen LogP contribution in [-0.2, 0) is 4.79 Å². The number of hydrogen-bond donors (Lipinski definition) is 2. The van der Waals surface area contributed by atoms with Gasteiger partial charge in [-0.1, -0.05) is 11.6 Å². The van der Waals surface area contributed by atoms with Gasteiger partial charge in [-0.3, -0.25) is 4.79 Å². The summed E-state index contributed by atoms with van der Waals surface area (Å²) in [5.74, 6) is 0.0217. The van der Waals surface area contributed by atoms with Crippen LogP contribution in [0, 0.1) is 12.8 Å². The Morgan fingerprint density at radius 1 is 1.40 bits per heavy atom. The molecule has 2 N–H and O–H groups in total. The van der Waals surface area contributed by atoms with Crippen molar-refractivity contribution >= 4 is 17.6 Å². The van der Waals surface area contributed by atoms with E-state index in [0.29, 0.717) is 29.5 Å². The van der Waals surface area contributed by atoms with Gasteiger partial charge in [-0.2, -0.15) is 0 Å². The second kappa shape index (κ2) is 5.89. The minimum atomic E-state index is -0.788. The third kappa shape index (κ3) is 2.55. The monoisotopic (exact) mass is 299 g/mol. The van der Waals surface area contributed by atoms with Crippen molar-refractivity contribution in [3.63, 3.8) is 0 Å². The number of benzene rings is 1. The molecule has 2 atom stereocenters. The summed E-state index contributed by atoms with van der Waals surface area (Å²) in [5, 5.41) is 12.9. The van der Waals surface area contributed by atoms with E-state index in [-0.39, 0.29) is 6.04 Å². The minimum Gasteiger partial charge on any atom is -0.493 e. The van der Waals surface area contributed by atoms with E-state index in [1.54, 1.807) is 14.2 Å². The summed E-state index contributed by atoms with van der Waals surface area (Å²) in [4.78, 5) is 11.1. The first-order valence-corrected chi connectivity index (χ1v) is 6.74. The quantitative estimate of drug-likeness (QED) is 0.893. The average molecular weight is 300 g/mol. The molecular weight excluding hydrogens is 282 g/mol. The van der Waals surface area contributed by atoms with Crippen LogP contribution in [0.25, 0.3) is 0 Å². The average Bonchev–Trinajstić information content (AvgIpc) is 2.90. The summed E-state index contributed by atoms with van der Waals surface area (Å²) < 4.78 is 10.8. The van der Waals surface area contributed by atoms with E-state index < -0.39 is 11.9 Å². The predicted molar refractivity (Wildman–Crippen MR) is 75.8 cm³/mol. The molecule has 1 aliphatic heterocycles. The lowest BCUT2D eigenvalue weighted by atomic mass is 9.97. The van der Waals surface area contributed by atoms with Crippen LogP contribution in [-0.4, -0.2) is 31.8 Å². The Morgan fingerprint density at radius 2 is 2.05 bits per heavy atom. The van der Waals surface area contributed by atoms with Crippen LogP contribution in [0.4, 0.5) is 0 Å². The molecule has 0 aliphatic carbocycles. The van der Waals surface area contributed by atoms with E-state index in [1.807, 2.05) is 13.0 Å². The van der Waals surface area contributed by atoms with E-state index >= 15 is 0 Å². The molecule has 0 spiro atoms. The Balaban J connectivity index is 2.42.